The highest BCUT2D eigenvalue weighted by Crippen LogP contribution is 2.42. The monoisotopic (exact) mass is 258 g/mol. The van der Waals surface area contributed by atoms with Crippen LogP contribution >= 0.6 is 0 Å². The van der Waals surface area contributed by atoms with Crippen LogP contribution in [0, 0.1) is 12.8 Å². The predicted octanol–water partition coefficient (Wildman–Crippen LogP) is 4.53. The molecular formula is C17H22O2. The van der Waals surface area contributed by atoms with E-state index in [2.05, 4.69) is 26.0 Å². The highest BCUT2D eigenvalue weighted by molar-refractivity contribution is 5.81. The van der Waals surface area contributed by atoms with E-state index in [9.17, 15) is 5.11 Å². The Hall–Kier alpha value is -1.28. The SMILES string of the molecule is CCC1CCCC(O)(c2cc3cccc(C)c3o2)C1. The lowest BCUT2D eigenvalue weighted by Gasteiger charge is -2.34. The van der Waals surface area contributed by atoms with Crippen LogP contribution in [0.25, 0.3) is 11.0 Å². The summed E-state index contributed by atoms with van der Waals surface area (Å²) in [7, 11) is 0. The van der Waals surface area contributed by atoms with Gasteiger partial charge >= 0.3 is 0 Å². The van der Waals surface area contributed by atoms with Gasteiger partial charge in [0.05, 0.1) is 0 Å². The fourth-order valence-corrected chi connectivity index (χ4v) is 3.38. The lowest BCUT2D eigenvalue weighted by molar-refractivity contribution is -0.0380. The molecule has 0 aliphatic heterocycles. The van der Waals surface area contributed by atoms with E-state index in [1.165, 1.54) is 6.42 Å². The molecule has 1 saturated carbocycles. The minimum Gasteiger partial charge on any atom is -0.458 e. The second kappa shape index (κ2) is 4.68. The summed E-state index contributed by atoms with van der Waals surface area (Å²) in [6.45, 7) is 4.26. The van der Waals surface area contributed by atoms with Crippen molar-refractivity contribution in [3.8, 4) is 0 Å². The topological polar surface area (TPSA) is 33.4 Å². The highest BCUT2D eigenvalue weighted by atomic mass is 16.4. The molecule has 1 heterocycles. The van der Waals surface area contributed by atoms with E-state index in [0.29, 0.717) is 5.92 Å². The fourth-order valence-electron chi connectivity index (χ4n) is 3.38. The molecule has 0 amide bonds. The summed E-state index contributed by atoms with van der Waals surface area (Å²) >= 11 is 0. The third-order valence-corrected chi connectivity index (χ3v) is 4.61. The summed E-state index contributed by atoms with van der Waals surface area (Å²) < 4.78 is 5.98. The van der Waals surface area contributed by atoms with Gasteiger partial charge < -0.3 is 9.52 Å². The standard InChI is InChI=1S/C17H22O2/c1-3-13-7-5-9-17(18,11-13)15-10-14-8-4-6-12(2)16(14)19-15/h4,6,8,10,13,18H,3,5,7,9,11H2,1-2H3. The lowest BCUT2D eigenvalue weighted by atomic mass is 9.76. The van der Waals surface area contributed by atoms with Crippen LogP contribution in [-0.2, 0) is 5.60 Å². The molecule has 1 aliphatic carbocycles. The normalized spacial score (nSPS) is 27.8. The van der Waals surface area contributed by atoms with Gasteiger partial charge in [0.15, 0.2) is 0 Å². The molecule has 19 heavy (non-hydrogen) atoms. The first kappa shape index (κ1) is 12.7. The van der Waals surface area contributed by atoms with Crippen LogP contribution in [0.4, 0.5) is 0 Å². The average molecular weight is 258 g/mol. The van der Waals surface area contributed by atoms with Crippen LogP contribution in [0.15, 0.2) is 28.7 Å². The van der Waals surface area contributed by atoms with Crippen molar-refractivity contribution in [2.24, 2.45) is 5.92 Å². The number of rotatable bonds is 2. The minimum absolute atomic E-state index is 0.619. The van der Waals surface area contributed by atoms with Gasteiger partial charge in [0.1, 0.15) is 16.9 Å². The third-order valence-electron chi connectivity index (χ3n) is 4.61. The van der Waals surface area contributed by atoms with Crippen molar-refractivity contribution in [1.82, 2.24) is 0 Å². The fraction of sp³-hybridized carbons (Fsp3) is 0.529. The molecule has 1 aromatic heterocycles. The smallest absolute Gasteiger partial charge is 0.137 e. The third kappa shape index (κ3) is 2.18. The van der Waals surface area contributed by atoms with Crippen molar-refractivity contribution in [2.75, 3.05) is 0 Å². The van der Waals surface area contributed by atoms with Gasteiger partial charge in [0.2, 0.25) is 0 Å². The number of aliphatic hydroxyl groups is 1. The molecule has 2 atom stereocenters. The molecule has 1 aromatic carbocycles. The minimum atomic E-state index is -0.760. The Morgan fingerprint density at radius 3 is 3.00 bits per heavy atom. The van der Waals surface area contributed by atoms with Gasteiger partial charge in [-0.25, -0.2) is 0 Å². The molecule has 0 spiro atoms. The molecular weight excluding hydrogens is 236 g/mol. The zero-order valence-corrected chi connectivity index (χ0v) is 11.8. The van der Waals surface area contributed by atoms with Crippen LogP contribution in [0.3, 0.4) is 0 Å². The number of aryl methyl sites for hydroxylation is 1. The van der Waals surface area contributed by atoms with E-state index in [-0.39, 0.29) is 0 Å². The summed E-state index contributed by atoms with van der Waals surface area (Å²) in [5.74, 6) is 1.38. The first-order chi connectivity index (χ1) is 9.12. The van der Waals surface area contributed by atoms with E-state index < -0.39 is 5.60 Å². The largest absolute Gasteiger partial charge is 0.458 e. The second-order valence-corrected chi connectivity index (χ2v) is 6.01. The first-order valence-electron chi connectivity index (χ1n) is 7.34. The van der Waals surface area contributed by atoms with Crippen molar-refractivity contribution in [2.45, 2.75) is 51.6 Å². The number of hydrogen-bond donors (Lipinski definition) is 1. The number of furan rings is 1. The Morgan fingerprint density at radius 1 is 1.42 bits per heavy atom. The predicted molar refractivity (Wildman–Crippen MR) is 77.1 cm³/mol. The lowest BCUT2D eigenvalue weighted by Crippen LogP contribution is -2.32. The molecule has 0 bridgehead atoms. The molecule has 3 rings (SSSR count). The zero-order valence-electron chi connectivity index (χ0n) is 11.8. The number of benzene rings is 1. The van der Waals surface area contributed by atoms with Crippen LogP contribution in [-0.4, -0.2) is 5.11 Å². The summed E-state index contributed by atoms with van der Waals surface area (Å²) in [5, 5.41) is 12.0. The van der Waals surface area contributed by atoms with E-state index in [1.807, 2.05) is 12.1 Å². The first-order valence-corrected chi connectivity index (χ1v) is 7.34. The van der Waals surface area contributed by atoms with Crippen molar-refractivity contribution in [3.05, 3.63) is 35.6 Å². The molecule has 1 aliphatic rings. The quantitative estimate of drug-likeness (QED) is 0.858. The molecule has 0 radical (unpaired) electrons. The van der Waals surface area contributed by atoms with Gasteiger partial charge in [-0.1, -0.05) is 38.0 Å². The van der Waals surface area contributed by atoms with Crippen molar-refractivity contribution >= 4 is 11.0 Å². The highest BCUT2D eigenvalue weighted by Gasteiger charge is 2.38. The Balaban J connectivity index is 2.01. The Labute approximate surface area is 114 Å². The maximum atomic E-state index is 10.9. The van der Waals surface area contributed by atoms with Crippen molar-refractivity contribution in [3.63, 3.8) is 0 Å². The van der Waals surface area contributed by atoms with Gasteiger partial charge in [-0.05, 0) is 43.7 Å². The molecule has 0 saturated heterocycles. The second-order valence-electron chi connectivity index (χ2n) is 6.01. The van der Waals surface area contributed by atoms with E-state index in [1.54, 1.807) is 0 Å². The molecule has 1 N–H and O–H groups in total. The van der Waals surface area contributed by atoms with E-state index >= 15 is 0 Å². The van der Waals surface area contributed by atoms with Crippen LogP contribution in [0.5, 0.6) is 0 Å². The van der Waals surface area contributed by atoms with E-state index in [0.717, 1.165) is 48.0 Å². The Morgan fingerprint density at radius 2 is 2.26 bits per heavy atom. The van der Waals surface area contributed by atoms with Crippen molar-refractivity contribution in [1.29, 1.82) is 0 Å². The average Bonchev–Trinajstić information content (AvgIpc) is 2.85. The molecule has 102 valence electrons. The van der Waals surface area contributed by atoms with Gasteiger partial charge in [0, 0.05) is 5.39 Å². The Kier molecular flexibility index (Phi) is 3.14. The van der Waals surface area contributed by atoms with Gasteiger partial charge in [-0.2, -0.15) is 0 Å². The molecule has 2 heteroatoms. The van der Waals surface area contributed by atoms with Crippen LogP contribution in [0.2, 0.25) is 0 Å². The molecule has 2 unspecified atom stereocenters. The summed E-state index contributed by atoms with van der Waals surface area (Å²) in [6.07, 6.45) is 5.12. The number of para-hydroxylation sites is 1. The number of hydrogen-bond acceptors (Lipinski definition) is 2. The summed E-state index contributed by atoms with van der Waals surface area (Å²) in [6, 6.07) is 8.17. The van der Waals surface area contributed by atoms with Gasteiger partial charge in [-0.3, -0.25) is 0 Å². The van der Waals surface area contributed by atoms with Crippen LogP contribution in [0.1, 0.15) is 50.4 Å². The van der Waals surface area contributed by atoms with Crippen molar-refractivity contribution < 1.29 is 9.52 Å². The maximum Gasteiger partial charge on any atom is 0.137 e. The molecule has 2 aromatic rings. The Bertz CT molecular complexity index is 584. The zero-order chi connectivity index (χ0) is 13.5. The maximum absolute atomic E-state index is 10.9. The summed E-state index contributed by atoms with van der Waals surface area (Å²) in [5.41, 5.74) is 1.30. The van der Waals surface area contributed by atoms with Gasteiger partial charge in [-0.15, -0.1) is 0 Å². The van der Waals surface area contributed by atoms with E-state index in [4.69, 9.17) is 4.42 Å². The van der Waals surface area contributed by atoms with Crippen LogP contribution < -0.4 is 0 Å². The molecule has 2 nitrogen and oxygen atoms in total. The molecule has 1 fully saturated rings. The summed E-state index contributed by atoms with van der Waals surface area (Å²) in [4.78, 5) is 0. The van der Waals surface area contributed by atoms with Gasteiger partial charge in [0.25, 0.3) is 0 Å². The number of fused-ring (bicyclic) bond motifs is 1.